The Hall–Kier alpha value is -3.26. The van der Waals surface area contributed by atoms with Crippen LogP contribution in [0.2, 0.25) is 0 Å². The molecule has 0 bridgehead atoms. The molecule has 31 heavy (non-hydrogen) atoms. The van der Waals surface area contributed by atoms with Gasteiger partial charge in [-0.15, -0.1) is 0 Å². The van der Waals surface area contributed by atoms with Crippen molar-refractivity contribution >= 4 is 17.8 Å². The largest absolute Gasteiger partial charge is 0.339 e. The summed E-state index contributed by atoms with van der Waals surface area (Å²) in [6.07, 6.45) is 0. The highest BCUT2D eigenvalue weighted by atomic mass is 19.1. The van der Waals surface area contributed by atoms with Gasteiger partial charge in [0.15, 0.2) is 0 Å². The summed E-state index contributed by atoms with van der Waals surface area (Å²) in [7, 11) is 0. The molecule has 0 aliphatic carbocycles. The predicted octanol–water partition coefficient (Wildman–Crippen LogP) is 1.94. The van der Waals surface area contributed by atoms with Crippen molar-refractivity contribution in [1.29, 1.82) is 0 Å². The Kier molecular flexibility index (Phi) is 5.73. The Morgan fingerprint density at radius 2 is 1.65 bits per heavy atom. The second kappa shape index (κ2) is 8.47. The first-order chi connectivity index (χ1) is 14.9. The van der Waals surface area contributed by atoms with Gasteiger partial charge in [-0.2, -0.15) is 0 Å². The Balaban J connectivity index is 1.35. The van der Waals surface area contributed by atoms with Gasteiger partial charge >= 0.3 is 6.03 Å². The van der Waals surface area contributed by atoms with Crippen molar-refractivity contribution in [3.05, 3.63) is 71.5 Å². The van der Waals surface area contributed by atoms with Crippen molar-refractivity contribution in [2.24, 2.45) is 0 Å². The Bertz CT molecular complexity index is 974. The molecular weight excluding hydrogens is 399 g/mol. The smallest absolute Gasteiger partial charge is 0.325 e. The monoisotopic (exact) mass is 424 g/mol. The second-order valence-electron chi connectivity index (χ2n) is 8.10. The molecule has 0 spiro atoms. The molecule has 162 valence electrons. The van der Waals surface area contributed by atoms with E-state index in [1.165, 1.54) is 29.8 Å². The summed E-state index contributed by atoms with van der Waals surface area (Å²) < 4.78 is 13.2. The molecule has 0 radical (unpaired) electrons. The van der Waals surface area contributed by atoms with E-state index in [4.69, 9.17) is 0 Å². The molecular formula is C23H25FN4O3. The number of halogens is 1. The molecule has 8 heteroatoms. The number of rotatable bonds is 5. The van der Waals surface area contributed by atoms with E-state index in [-0.39, 0.29) is 12.5 Å². The zero-order valence-corrected chi connectivity index (χ0v) is 17.4. The van der Waals surface area contributed by atoms with Crippen LogP contribution >= 0.6 is 0 Å². The third kappa shape index (κ3) is 4.29. The number of nitrogens with one attached hydrogen (secondary N) is 1. The minimum absolute atomic E-state index is 0.258. The van der Waals surface area contributed by atoms with Crippen molar-refractivity contribution in [3.8, 4) is 0 Å². The maximum absolute atomic E-state index is 13.2. The number of piperazine rings is 1. The van der Waals surface area contributed by atoms with Gasteiger partial charge in [0, 0.05) is 32.7 Å². The van der Waals surface area contributed by atoms with Crippen LogP contribution in [0.25, 0.3) is 0 Å². The number of hydrogen-bond donors (Lipinski definition) is 1. The van der Waals surface area contributed by atoms with E-state index < -0.39 is 23.3 Å². The topological polar surface area (TPSA) is 73.0 Å². The van der Waals surface area contributed by atoms with Gasteiger partial charge in [0.1, 0.15) is 17.9 Å². The molecule has 4 amide bonds. The van der Waals surface area contributed by atoms with E-state index in [0.717, 1.165) is 24.5 Å². The third-order valence-electron chi connectivity index (χ3n) is 5.96. The van der Waals surface area contributed by atoms with Crippen molar-refractivity contribution in [3.63, 3.8) is 0 Å². The maximum atomic E-state index is 13.2. The first-order valence-corrected chi connectivity index (χ1v) is 10.3. The van der Waals surface area contributed by atoms with E-state index in [1.54, 1.807) is 11.8 Å². The summed E-state index contributed by atoms with van der Waals surface area (Å²) in [5, 5.41) is 2.64. The quantitative estimate of drug-likeness (QED) is 0.745. The minimum Gasteiger partial charge on any atom is -0.339 e. The van der Waals surface area contributed by atoms with Gasteiger partial charge in [-0.1, -0.05) is 42.5 Å². The zero-order chi connectivity index (χ0) is 22.0. The lowest BCUT2D eigenvalue weighted by Gasteiger charge is -2.35. The van der Waals surface area contributed by atoms with Gasteiger partial charge in [-0.3, -0.25) is 19.4 Å². The van der Waals surface area contributed by atoms with Gasteiger partial charge in [-0.25, -0.2) is 9.18 Å². The first kappa shape index (κ1) is 21.0. The summed E-state index contributed by atoms with van der Waals surface area (Å²) in [4.78, 5) is 43.1. The first-order valence-electron chi connectivity index (χ1n) is 10.3. The van der Waals surface area contributed by atoms with Crippen molar-refractivity contribution in [2.45, 2.75) is 19.0 Å². The molecule has 1 unspecified atom stereocenters. The van der Waals surface area contributed by atoms with Crippen LogP contribution in [0, 0.1) is 5.82 Å². The highest BCUT2D eigenvalue weighted by Gasteiger charge is 2.49. The predicted molar refractivity (Wildman–Crippen MR) is 112 cm³/mol. The van der Waals surface area contributed by atoms with E-state index in [1.807, 2.05) is 18.2 Å². The molecule has 1 atom stereocenters. The Labute approximate surface area is 180 Å². The van der Waals surface area contributed by atoms with Crippen LogP contribution in [0.1, 0.15) is 18.1 Å². The van der Waals surface area contributed by atoms with E-state index in [2.05, 4.69) is 22.3 Å². The number of imide groups is 1. The number of hydrogen-bond acceptors (Lipinski definition) is 4. The molecule has 2 aromatic rings. The minimum atomic E-state index is -1.32. The van der Waals surface area contributed by atoms with Gasteiger partial charge in [0.05, 0.1) is 0 Å². The fourth-order valence-electron chi connectivity index (χ4n) is 4.05. The molecule has 7 nitrogen and oxygen atoms in total. The fourth-order valence-corrected chi connectivity index (χ4v) is 4.05. The van der Waals surface area contributed by atoms with E-state index >= 15 is 0 Å². The summed E-state index contributed by atoms with van der Waals surface area (Å²) >= 11 is 0. The Morgan fingerprint density at radius 1 is 1.00 bits per heavy atom. The SMILES string of the molecule is CC1(c2ccc(F)cc2)NC(=O)N(CC(=O)N2CCN(Cc3ccccc3)CC2)C1=O. The molecule has 4 rings (SSSR count). The molecule has 0 aromatic heterocycles. The number of urea groups is 1. The molecule has 1 N–H and O–H groups in total. The summed E-state index contributed by atoms with van der Waals surface area (Å²) in [6.45, 7) is 4.64. The van der Waals surface area contributed by atoms with Crippen LogP contribution in [0.15, 0.2) is 54.6 Å². The summed E-state index contributed by atoms with van der Waals surface area (Å²) in [5.74, 6) is -1.20. The molecule has 2 aromatic carbocycles. The zero-order valence-electron chi connectivity index (χ0n) is 17.4. The molecule has 0 saturated carbocycles. The normalized spacial score (nSPS) is 22.0. The van der Waals surface area contributed by atoms with Crippen LogP contribution in [0.4, 0.5) is 9.18 Å². The lowest BCUT2D eigenvalue weighted by atomic mass is 9.92. The molecule has 2 fully saturated rings. The van der Waals surface area contributed by atoms with E-state index in [9.17, 15) is 18.8 Å². The van der Waals surface area contributed by atoms with Crippen molar-refractivity contribution in [2.75, 3.05) is 32.7 Å². The fraction of sp³-hybridized carbons (Fsp3) is 0.348. The number of nitrogens with zero attached hydrogens (tertiary/aromatic N) is 3. The van der Waals surface area contributed by atoms with Crippen LogP contribution in [-0.4, -0.2) is 65.3 Å². The number of carbonyl (C=O) groups is 3. The van der Waals surface area contributed by atoms with Crippen molar-refractivity contribution in [1.82, 2.24) is 20.0 Å². The van der Waals surface area contributed by atoms with Gasteiger partial charge in [0.2, 0.25) is 5.91 Å². The number of amides is 4. The number of carbonyl (C=O) groups excluding carboxylic acids is 3. The summed E-state index contributed by atoms with van der Waals surface area (Å²) in [6, 6.07) is 14.9. The van der Waals surface area contributed by atoms with Gasteiger partial charge < -0.3 is 10.2 Å². The molecule has 2 aliphatic rings. The van der Waals surface area contributed by atoms with Gasteiger partial charge in [-0.05, 0) is 30.2 Å². The highest BCUT2D eigenvalue weighted by Crippen LogP contribution is 2.29. The van der Waals surface area contributed by atoms with Crippen LogP contribution < -0.4 is 5.32 Å². The average molecular weight is 424 g/mol. The molecule has 2 heterocycles. The maximum Gasteiger partial charge on any atom is 0.325 e. The lowest BCUT2D eigenvalue weighted by molar-refractivity contribution is -0.139. The lowest BCUT2D eigenvalue weighted by Crippen LogP contribution is -2.51. The van der Waals surface area contributed by atoms with Crippen LogP contribution in [0.3, 0.4) is 0 Å². The van der Waals surface area contributed by atoms with Gasteiger partial charge in [0.25, 0.3) is 5.91 Å². The Morgan fingerprint density at radius 3 is 2.29 bits per heavy atom. The second-order valence-corrected chi connectivity index (χ2v) is 8.10. The van der Waals surface area contributed by atoms with E-state index in [0.29, 0.717) is 18.7 Å². The number of benzene rings is 2. The summed E-state index contributed by atoms with van der Waals surface area (Å²) in [5.41, 5.74) is 0.373. The van der Waals surface area contributed by atoms with Crippen LogP contribution in [-0.2, 0) is 21.7 Å². The average Bonchev–Trinajstić information content (AvgIpc) is 2.99. The molecule has 2 aliphatic heterocycles. The van der Waals surface area contributed by atoms with Crippen LogP contribution in [0.5, 0.6) is 0 Å². The van der Waals surface area contributed by atoms with Crippen molar-refractivity contribution < 1.29 is 18.8 Å². The molecule has 2 saturated heterocycles. The standard InChI is InChI=1S/C23H25FN4O3/c1-23(18-7-9-19(24)10-8-18)21(30)28(22(31)25-23)16-20(29)27-13-11-26(12-14-27)15-17-5-3-2-4-6-17/h2-10H,11-16H2,1H3,(H,25,31). The highest BCUT2D eigenvalue weighted by molar-refractivity contribution is 6.09. The third-order valence-corrected chi connectivity index (χ3v) is 5.96.